The third kappa shape index (κ3) is 4.24. The lowest BCUT2D eigenvalue weighted by Crippen LogP contribution is -2.29. The van der Waals surface area contributed by atoms with Gasteiger partial charge in [0.1, 0.15) is 5.75 Å². The molecule has 1 aromatic rings. The molecule has 5 heteroatoms. The maximum absolute atomic E-state index is 11.3. The van der Waals surface area contributed by atoms with Crippen LogP contribution in [-0.2, 0) is 11.4 Å². The van der Waals surface area contributed by atoms with Crippen LogP contribution in [0.4, 0.5) is 0 Å². The minimum Gasteiger partial charge on any atom is -0.483 e. The van der Waals surface area contributed by atoms with Crippen LogP contribution in [0.5, 0.6) is 5.75 Å². The Labute approximate surface area is 106 Å². The average molecular weight is 258 g/mol. The lowest BCUT2D eigenvalue weighted by atomic mass is 10.2. The summed E-state index contributed by atoms with van der Waals surface area (Å²) in [6.45, 7) is 2.31. The molecular formula is C12H16ClNO3. The van der Waals surface area contributed by atoms with Crippen LogP contribution in [0, 0.1) is 0 Å². The molecule has 0 unspecified atom stereocenters. The standard InChI is InChI=1S/C12H16ClNO3/c1-2-6-14-12(16)8-17-11-5-3-4-10(13)9(11)7-15/h3-5,15H,2,6-8H2,1H3,(H,14,16). The van der Waals surface area contributed by atoms with Gasteiger partial charge in [-0.05, 0) is 18.6 Å². The van der Waals surface area contributed by atoms with E-state index in [9.17, 15) is 4.79 Å². The zero-order valence-electron chi connectivity index (χ0n) is 9.70. The zero-order chi connectivity index (χ0) is 12.7. The summed E-state index contributed by atoms with van der Waals surface area (Å²) < 4.78 is 5.31. The van der Waals surface area contributed by atoms with E-state index in [1.165, 1.54) is 0 Å². The highest BCUT2D eigenvalue weighted by atomic mass is 35.5. The number of ether oxygens (including phenoxy) is 1. The van der Waals surface area contributed by atoms with Crippen LogP contribution in [0.15, 0.2) is 18.2 Å². The van der Waals surface area contributed by atoms with Crippen molar-refractivity contribution in [3.05, 3.63) is 28.8 Å². The van der Waals surface area contributed by atoms with Crippen LogP contribution in [0.3, 0.4) is 0 Å². The number of halogens is 1. The second-order valence-corrected chi connectivity index (χ2v) is 3.92. The van der Waals surface area contributed by atoms with Crippen LogP contribution in [0.25, 0.3) is 0 Å². The zero-order valence-corrected chi connectivity index (χ0v) is 10.5. The molecule has 0 spiro atoms. The number of nitrogens with one attached hydrogen (secondary N) is 1. The summed E-state index contributed by atoms with van der Waals surface area (Å²) in [5.41, 5.74) is 0.498. The van der Waals surface area contributed by atoms with E-state index in [1.54, 1.807) is 18.2 Å². The number of rotatable bonds is 6. The molecule has 0 atom stereocenters. The van der Waals surface area contributed by atoms with Gasteiger partial charge in [-0.1, -0.05) is 24.6 Å². The van der Waals surface area contributed by atoms with E-state index in [4.69, 9.17) is 21.4 Å². The molecule has 17 heavy (non-hydrogen) atoms. The fourth-order valence-electron chi connectivity index (χ4n) is 1.29. The topological polar surface area (TPSA) is 58.6 Å². The van der Waals surface area contributed by atoms with E-state index in [-0.39, 0.29) is 19.1 Å². The molecule has 1 rings (SSSR count). The summed E-state index contributed by atoms with van der Waals surface area (Å²) in [6, 6.07) is 5.04. The van der Waals surface area contributed by atoms with Crippen molar-refractivity contribution in [2.75, 3.05) is 13.2 Å². The number of amides is 1. The third-order valence-electron chi connectivity index (χ3n) is 2.16. The summed E-state index contributed by atoms with van der Waals surface area (Å²) in [5, 5.41) is 12.3. The molecular weight excluding hydrogens is 242 g/mol. The first kappa shape index (κ1) is 13.8. The minimum atomic E-state index is -0.217. The number of benzene rings is 1. The first-order chi connectivity index (χ1) is 8.19. The summed E-state index contributed by atoms with van der Waals surface area (Å²) in [7, 11) is 0. The molecule has 2 N–H and O–H groups in total. The van der Waals surface area contributed by atoms with Gasteiger partial charge in [-0.15, -0.1) is 0 Å². The van der Waals surface area contributed by atoms with Gasteiger partial charge in [0.05, 0.1) is 6.61 Å². The number of carbonyl (C=O) groups excluding carboxylic acids is 1. The molecule has 4 nitrogen and oxygen atoms in total. The molecule has 0 aliphatic heterocycles. The van der Waals surface area contributed by atoms with E-state index in [0.717, 1.165) is 6.42 Å². The number of hydrogen-bond acceptors (Lipinski definition) is 3. The Balaban J connectivity index is 2.57. The summed E-state index contributed by atoms with van der Waals surface area (Å²) >= 11 is 5.89. The van der Waals surface area contributed by atoms with Gasteiger partial charge in [0, 0.05) is 17.1 Å². The van der Waals surface area contributed by atoms with Gasteiger partial charge in [-0.25, -0.2) is 0 Å². The smallest absolute Gasteiger partial charge is 0.257 e. The van der Waals surface area contributed by atoms with Gasteiger partial charge in [-0.3, -0.25) is 4.79 Å². The van der Waals surface area contributed by atoms with Crippen molar-refractivity contribution >= 4 is 17.5 Å². The van der Waals surface area contributed by atoms with Crippen molar-refractivity contribution in [3.8, 4) is 5.75 Å². The monoisotopic (exact) mass is 257 g/mol. The lowest BCUT2D eigenvalue weighted by Gasteiger charge is -2.11. The molecule has 94 valence electrons. The fourth-order valence-corrected chi connectivity index (χ4v) is 1.51. The Hall–Kier alpha value is -1.26. The Kier molecular flexibility index (Phi) is 5.80. The van der Waals surface area contributed by atoms with E-state index in [0.29, 0.717) is 22.9 Å². The maximum atomic E-state index is 11.3. The molecule has 0 aliphatic rings. The summed E-state index contributed by atoms with van der Waals surface area (Å²) in [6.07, 6.45) is 0.880. The Morgan fingerprint density at radius 1 is 1.53 bits per heavy atom. The first-order valence-electron chi connectivity index (χ1n) is 5.46. The van der Waals surface area contributed by atoms with E-state index < -0.39 is 0 Å². The second kappa shape index (κ2) is 7.14. The molecule has 0 radical (unpaired) electrons. The van der Waals surface area contributed by atoms with Crippen LogP contribution in [0.2, 0.25) is 5.02 Å². The van der Waals surface area contributed by atoms with Crippen LogP contribution in [0.1, 0.15) is 18.9 Å². The summed E-state index contributed by atoms with van der Waals surface area (Å²) in [5.74, 6) is 0.252. The second-order valence-electron chi connectivity index (χ2n) is 3.51. The van der Waals surface area contributed by atoms with Gasteiger partial charge >= 0.3 is 0 Å². The molecule has 0 saturated carbocycles. The lowest BCUT2D eigenvalue weighted by molar-refractivity contribution is -0.123. The first-order valence-corrected chi connectivity index (χ1v) is 5.84. The predicted molar refractivity (Wildman–Crippen MR) is 66.2 cm³/mol. The number of carbonyl (C=O) groups is 1. The van der Waals surface area contributed by atoms with Crippen molar-refractivity contribution in [1.29, 1.82) is 0 Å². The SMILES string of the molecule is CCCNC(=O)COc1cccc(Cl)c1CO. The maximum Gasteiger partial charge on any atom is 0.257 e. The predicted octanol–water partition coefficient (Wildman–Crippen LogP) is 1.74. The fraction of sp³-hybridized carbons (Fsp3) is 0.417. The van der Waals surface area contributed by atoms with Gasteiger partial charge in [-0.2, -0.15) is 0 Å². The Morgan fingerprint density at radius 3 is 2.94 bits per heavy atom. The number of aliphatic hydroxyl groups excluding tert-OH is 1. The van der Waals surface area contributed by atoms with Crippen molar-refractivity contribution < 1.29 is 14.6 Å². The van der Waals surface area contributed by atoms with Crippen molar-refractivity contribution in [3.63, 3.8) is 0 Å². The molecule has 0 saturated heterocycles. The average Bonchev–Trinajstić information content (AvgIpc) is 2.33. The summed E-state index contributed by atoms with van der Waals surface area (Å²) in [4.78, 5) is 11.3. The van der Waals surface area contributed by atoms with Gasteiger partial charge in [0.15, 0.2) is 6.61 Å². The van der Waals surface area contributed by atoms with Crippen molar-refractivity contribution in [2.45, 2.75) is 20.0 Å². The molecule has 1 aromatic carbocycles. The minimum absolute atomic E-state index is 0.0760. The normalized spacial score (nSPS) is 10.1. The van der Waals surface area contributed by atoms with Crippen LogP contribution < -0.4 is 10.1 Å². The van der Waals surface area contributed by atoms with Gasteiger partial charge < -0.3 is 15.2 Å². The molecule has 0 bridgehead atoms. The molecule has 0 aliphatic carbocycles. The van der Waals surface area contributed by atoms with Gasteiger partial charge in [0.25, 0.3) is 5.91 Å². The van der Waals surface area contributed by atoms with Gasteiger partial charge in [0.2, 0.25) is 0 Å². The van der Waals surface area contributed by atoms with Crippen molar-refractivity contribution in [1.82, 2.24) is 5.32 Å². The van der Waals surface area contributed by atoms with Crippen molar-refractivity contribution in [2.24, 2.45) is 0 Å². The van der Waals surface area contributed by atoms with E-state index >= 15 is 0 Å². The Bertz CT molecular complexity index is 382. The molecule has 0 aromatic heterocycles. The number of hydrogen-bond donors (Lipinski definition) is 2. The largest absolute Gasteiger partial charge is 0.483 e. The molecule has 0 heterocycles. The van der Waals surface area contributed by atoms with E-state index in [2.05, 4.69) is 5.32 Å². The Morgan fingerprint density at radius 2 is 2.29 bits per heavy atom. The highest BCUT2D eigenvalue weighted by Crippen LogP contribution is 2.26. The third-order valence-corrected chi connectivity index (χ3v) is 2.52. The molecule has 0 fully saturated rings. The van der Waals surface area contributed by atoms with E-state index in [1.807, 2.05) is 6.92 Å². The molecule has 1 amide bonds. The number of aliphatic hydroxyl groups is 1. The quantitative estimate of drug-likeness (QED) is 0.816. The highest BCUT2D eigenvalue weighted by molar-refractivity contribution is 6.31. The highest BCUT2D eigenvalue weighted by Gasteiger charge is 2.08. The van der Waals surface area contributed by atoms with Crippen LogP contribution >= 0.6 is 11.6 Å². The van der Waals surface area contributed by atoms with Crippen LogP contribution in [-0.4, -0.2) is 24.2 Å².